The summed E-state index contributed by atoms with van der Waals surface area (Å²) >= 11 is 0. The molecule has 1 N–H and O–H groups in total. The van der Waals surface area contributed by atoms with E-state index in [1.54, 1.807) is 0 Å². The molecule has 1 aliphatic heterocycles. The van der Waals surface area contributed by atoms with Crippen LogP contribution in [0.25, 0.3) is 0 Å². The van der Waals surface area contributed by atoms with Crippen LogP contribution in [0.15, 0.2) is 24.7 Å². The number of pyridine rings is 1. The van der Waals surface area contributed by atoms with Gasteiger partial charge in [0.2, 0.25) is 0 Å². The highest BCUT2D eigenvalue weighted by molar-refractivity contribution is 5.54. The van der Waals surface area contributed by atoms with E-state index in [0.29, 0.717) is 5.92 Å². The van der Waals surface area contributed by atoms with E-state index in [1.807, 2.05) is 13.2 Å². The summed E-state index contributed by atoms with van der Waals surface area (Å²) in [6, 6.07) is 2.10. The molecule has 0 radical (unpaired) electrons. The molecule has 2 heterocycles. The van der Waals surface area contributed by atoms with Gasteiger partial charge in [0.1, 0.15) is 5.82 Å². The van der Waals surface area contributed by atoms with E-state index in [2.05, 4.69) is 41.7 Å². The Morgan fingerprint density at radius 2 is 2.27 bits per heavy atom. The van der Waals surface area contributed by atoms with Gasteiger partial charge in [-0.2, -0.15) is 0 Å². The Hall–Kier alpha value is -1.51. The zero-order valence-corrected chi connectivity index (χ0v) is 9.54. The Balaban J connectivity index is 2.48. The molecular weight excluding hydrogens is 186 g/mol. The molecule has 1 aromatic rings. The summed E-state index contributed by atoms with van der Waals surface area (Å²) in [4.78, 5) is 6.46. The molecule has 15 heavy (non-hydrogen) atoms. The maximum atomic E-state index is 4.35. The highest BCUT2D eigenvalue weighted by atomic mass is 15.3. The Bertz CT molecular complexity index is 396. The van der Waals surface area contributed by atoms with Crippen LogP contribution in [0.4, 0.5) is 5.82 Å². The van der Waals surface area contributed by atoms with Crippen LogP contribution in [-0.4, -0.2) is 16.9 Å². The Labute approximate surface area is 90.8 Å². The molecule has 0 fully saturated rings. The summed E-state index contributed by atoms with van der Waals surface area (Å²) in [6.45, 7) is 9.25. The predicted molar refractivity (Wildman–Crippen MR) is 62.6 cm³/mol. The quantitative estimate of drug-likeness (QED) is 0.760. The van der Waals surface area contributed by atoms with E-state index in [-0.39, 0.29) is 0 Å². The van der Waals surface area contributed by atoms with Gasteiger partial charge >= 0.3 is 0 Å². The van der Waals surface area contributed by atoms with Crippen molar-refractivity contribution >= 4 is 5.82 Å². The van der Waals surface area contributed by atoms with E-state index in [1.165, 1.54) is 11.1 Å². The van der Waals surface area contributed by atoms with E-state index >= 15 is 0 Å². The first-order chi connectivity index (χ1) is 7.09. The lowest BCUT2D eigenvalue weighted by molar-refractivity contribution is 0.403. The van der Waals surface area contributed by atoms with Crippen LogP contribution in [0.5, 0.6) is 0 Å². The lowest BCUT2D eigenvalue weighted by Gasteiger charge is -2.31. The normalized spacial score (nSPS) is 15.2. The number of hydrogen-bond acceptors (Lipinski definition) is 3. The van der Waals surface area contributed by atoms with Gasteiger partial charge in [-0.25, -0.2) is 4.98 Å². The van der Waals surface area contributed by atoms with E-state index in [4.69, 9.17) is 0 Å². The summed E-state index contributed by atoms with van der Waals surface area (Å²) in [5.41, 5.74) is 2.66. The molecule has 0 spiro atoms. The first-order valence-corrected chi connectivity index (χ1v) is 5.24. The molecule has 2 rings (SSSR count). The minimum Gasteiger partial charge on any atom is -0.357 e. The smallest absolute Gasteiger partial charge is 0.136 e. The molecule has 1 aliphatic rings. The molecule has 0 amide bonds. The highest BCUT2D eigenvalue weighted by Gasteiger charge is 2.19. The van der Waals surface area contributed by atoms with E-state index < -0.39 is 0 Å². The summed E-state index contributed by atoms with van der Waals surface area (Å²) in [5, 5.41) is 3.23. The van der Waals surface area contributed by atoms with Crippen molar-refractivity contribution in [2.24, 2.45) is 0 Å². The van der Waals surface area contributed by atoms with Crippen molar-refractivity contribution in [3.8, 4) is 0 Å². The largest absolute Gasteiger partial charge is 0.357 e. The summed E-state index contributed by atoms with van der Waals surface area (Å²) in [5.74, 6) is 2.41. The van der Waals surface area contributed by atoms with E-state index in [9.17, 15) is 0 Å². The molecule has 3 heteroatoms. The molecular formula is C12H17N3. The van der Waals surface area contributed by atoms with Gasteiger partial charge in [-0.05, 0) is 17.5 Å². The van der Waals surface area contributed by atoms with Gasteiger partial charge in [0.25, 0.3) is 0 Å². The first kappa shape index (κ1) is 10.0. The van der Waals surface area contributed by atoms with Gasteiger partial charge in [0, 0.05) is 25.4 Å². The van der Waals surface area contributed by atoms with E-state index in [0.717, 1.165) is 18.2 Å². The zero-order valence-electron chi connectivity index (χ0n) is 9.54. The fraction of sp³-hybridized carbons (Fsp3) is 0.417. The molecule has 0 aliphatic carbocycles. The third-order valence-electron chi connectivity index (χ3n) is 2.83. The molecule has 0 aromatic carbocycles. The molecule has 3 nitrogen and oxygen atoms in total. The third kappa shape index (κ3) is 1.69. The van der Waals surface area contributed by atoms with Crippen molar-refractivity contribution in [2.45, 2.75) is 26.3 Å². The number of aromatic nitrogens is 1. The zero-order chi connectivity index (χ0) is 11.0. The lowest BCUT2D eigenvalue weighted by Crippen LogP contribution is -2.28. The van der Waals surface area contributed by atoms with Crippen molar-refractivity contribution in [1.29, 1.82) is 0 Å². The number of nitrogens with zero attached hydrogens (tertiary/aromatic N) is 2. The summed E-state index contributed by atoms with van der Waals surface area (Å²) < 4.78 is 0. The highest BCUT2D eigenvalue weighted by Crippen LogP contribution is 2.29. The average molecular weight is 203 g/mol. The fourth-order valence-electron chi connectivity index (χ4n) is 1.89. The molecule has 0 saturated carbocycles. The monoisotopic (exact) mass is 203 g/mol. The number of fused-ring (bicyclic) bond motifs is 1. The van der Waals surface area contributed by atoms with Gasteiger partial charge in [-0.3, -0.25) is 0 Å². The van der Waals surface area contributed by atoms with Gasteiger partial charge in [0.05, 0.1) is 5.82 Å². The first-order valence-electron chi connectivity index (χ1n) is 5.24. The average Bonchev–Trinajstić information content (AvgIpc) is 2.18. The van der Waals surface area contributed by atoms with Crippen LogP contribution in [0.2, 0.25) is 0 Å². The van der Waals surface area contributed by atoms with Crippen molar-refractivity contribution in [3.63, 3.8) is 0 Å². The van der Waals surface area contributed by atoms with Gasteiger partial charge in [-0.15, -0.1) is 0 Å². The number of nitrogens with one attached hydrogen (secondary N) is 1. The van der Waals surface area contributed by atoms with Crippen LogP contribution in [-0.2, 0) is 6.54 Å². The minimum absolute atomic E-state index is 0.531. The predicted octanol–water partition coefficient (Wildman–Crippen LogP) is 2.53. The lowest BCUT2D eigenvalue weighted by atomic mass is 9.97. The SMILES string of the molecule is C=C1Nc2nccc(C(C)C)c2CN1C. The topological polar surface area (TPSA) is 28.2 Å². The molecule has 0 atom stereocenters. The number of anilines is 1. The van der Waals surface area contributed by atoms with Gasteiger partial charge in [-0.1, -0.05) is 20.4 Å². The number of rotatable bonds is 1. The third-order valence-corrected chi connectivity index (χ3v) is 2.83. The maximum absolute atomic E-state index is 4.35. The van der Waals surface area contributed by atoms with Crippen molar-refractivity contribution in [3.05, 3.63) is 35.8 Å². The molecule has 0 bridgehead atoms. The van der Waals surface area contributed by atoms with Crippen molar-refractivity contribution in [1.82, 2.24) is 9.88 Å². The molecule has 1 aromatic heterocycles. The van der Waals surface area contributed by atoms with Crippen LogP contribution in [0, 0.1) is 0 Å². The Morgan fingerprint density at radius 1 is 1.53 bits per heavy atom. The Kier molecular flexibility index (Phi) is 2.39. The number of hydrogen-bond donors (Lipinski definition) is 1. The second-order valence-corrected chi connectivity index (χ2v) is 4.31. The van der Waals surface area contributed by atoms with Crippen LogP contribution in [0.3, 0.4) is 0 Å². The molecule has 0 saturated heterocycles. The second-order valence-electron chi connectivity index (χ2n) is 4.31. The summed E-state index contributed by atoms with van der Waals surface area (Å²) in [7, 11) is 2.04. The standard InChI is InChI=1S/C12H17N3/c1-8(2)10-5-6-13-12-11(10)7-15(4)9(3)14-12/h5-6,8H,3,7H2,1-2,4H3,(H,13,14). The van der Waals surface area contributed by atoms with Crippen LogP contribution >= 0.6 is 0 Å². The fourth-order valence-corrected chi connectivity index (χ4v) is 1.89. The maximum Gasteiger partial charge on any atom is 0.136 e. The second kappa shape index (κ2) is 3.57. The van der Waals surface area contributed by atoms with Gasteiger partial charge in [0.15, 0.2) is 0 Å². The van der Waals surface area contributed by atoms with Crippen LogP contribution < -0.4 is 5.32 Å². The Morgan fingerprint density at radius 3 is 2.93 bits per heavy atom. The van der Waals surface area contributed by atoms with Crippen molar-refractivity contribution in [2.75, 3.05) is 12.4 Å². The van der Waals surface area contributed by atoms with Gasteiger partial charge < -0.3 is 10.2 Å². The molecule has 80 valence electrons. The minimum atomic E-state index is 0.531. The van der Waals surface area contributed by atoms with Crippen LogP contribution in [0.1, 0.15) is 30.9 Å². The molecule has 0 unspecified atom stereocenters. The van der Waals surface area contributed by atoms with Crippen molar-refractivity contribution < 1.29 is 0 Å². The summed E-state index contributed by atoms with van der Waals surface area (Å²) in [6.07, 6.45) is 1.86.